The average Bonchev–Trinajstić information content (AvgIpc) is 2.92. The molecule has 21 heavy (non-hydrogen) atoms. The molecule has 0 spiro atoms. The molecule has 106 valence electrons. The minimum Gasteiger partial charge on any atom is -0.322 e. The van der Waals surface area contributed by atoms with E-state index < -0.39 is 5.82 Å². The maximum atomic E-state index is 13.6. The Hall–Kier alpha value is -2.21. The Morgan fingerprint density at radius 2 is 2.14 bits per heavy atom. The van der Waals surface area contributed by atoms with Crippen molar-refractivity contribution in [2.45, 2.75) is 6.92 Å². The van der Waals surface area contributed by atoms with Crippen LogP contribution in [-0.4, -0.2) is 16.1 Å². The lowest BCUT2D eigenvalue weighted by molar-refractivity contribution is 0.102. The van der Waals surface area contributed by atoms with Crippen molar-refractivity contribution >= 4 is 38.4 Å². The van der Waals surface area contributed by atoms with E-state index in [4.69, 9.17) is 0 Å². The smallest absolute Gasteiger partial charge is 0.255 e. The van der Waals surface area contributed by atoms with Crippen molar-refractivity contribution in [1.82, 2.24) is 10.2 Å². The minimum absolute atomic E-state index is 0.295. The number of halogens is 2. The third-order valence-corrected chi connectivity index (χ3v) is 3.83. The summed E-state index contributed by atoms with van der Waals surface area (Å²) in [6, 6.07) is 8.15. The van der Waals surface area contributed by atoms with Gasteiger partial charge in [0.1, 0.15) is 5.82 Å². The number of nitrogens with zero attached hydrogens (tertiary/aromatic N) is 1. The van der Waals surface area contributed by atoms with Crippen LogP contribution in [0.2, 0.25) is 0 Å². The lowest BCUT2D eigenvalue weighted by Gasteiger charge is -2.09. The van der Waals surface area contributed by atoms with Gasteiger partial charge in [0, 0.05) is 16.6 Å². The van der Waals surface area contributed by atoms with Crippen molar-refractivity contribution in [2.24, 2.45) is 0 Å². The molecule has 0 atom stereocenters. The van der Waals surface area contributed by atoms with Crippen molar-refractivity contribution < 1.29 is 9.18 Å². The number of fused-ring (bicyclic) bond motifs is 1. The van der Waals surface area contributed by atoms with Crippen LogP contribution in [0.4, 0.5) is 10.1 Å². The molecule has 0 unspecified atom stereocenters. The highest BCUT2D eigenvalue weighted by atomic mass is 79.9. The van der Waals surface area contributed by atoms with Crippen LogP contribution in [0, 0.1) is 12.7 Å². The predicted molar refractivity (Wildman–Crippen MR) is 82.9 cm³/mol. The van der Waals surface area contributed by atoms with Crippen LogP contribution in [0.15, 0.2) is 41.0 Å². The lowest BCUT2D eigenvalue weighted by atomic mass is 10.1. The Kier molecular flexibility index (Phi) is 3.47. The van der Waals surface area contributed by atoms with Gasteiger partial charge in [0.15, 0.2) is 0 Å². The molecule has 0 aliphatic carbocycles. The quantitative estimate of drug-likeness (QED) is 0.735. The molecule has 1 heterocycles. The number of aryl methyl sites for hydroxylation is 1. The normalized spacial score (nSPS) is 10.8. The molecule has 3 aromatic rings. The van der Waals surface area contributed by atoms with Crippen molar-refractivity contribution in [3.8, 4) is 0 Å². The molecule has 0 saturated heterocycles. The van der Waals surface area contributed by atoms with Gasteiger partial charge in [-0.15, -0.1) is 0 Å². The molecule has 0 fully saturated rings. The van der Waals surface area contributed by atoms with Crippen molar-refractivity contribution in [2.75, 3.05) is 5.32 Å². The second-order valence-corrected chi connectivity index (χ2v) is 5.56. The number of benzene rings is 2. The number of hydrogen-bond acceptors (Lipinski definition) is 2. The summed E-state index contributed by atoms with van der Waals surface area (Å²) in [5, 5.41) is 10.4. The van der Waals surface area contributed by atoms with Crippen LogP contribution in [0.25, 0.3) is 10.9 Å². The molecule has 0 saturated carbocycles. The minimum atomic E-state index is -0.417. The summed E-state index contributed by atoms with van der Waals surface area (Å²) in [6.45, 7) is 1.80. The summed E-state index contributed by atoms with van der Waals surface area (Å²) >= 11 is 3.12. The third-order valence-electron chi connectivity index (χ3n) is 3.22. The first kappa shape index (κ1) is 13.8. The van der Waals surface area contributed by atoms with E-state index in [9.17, 15) is 9.18 Å². The van der Waals surface area contributed by atoms with Crippen molar-refractivity contribution in [3.05, 3.63) is 57.9 Å². The Bertz CT molecular complexity index is 844. The molecule has 2 N–H and O–H groups in total. The number of aromatic nitrogens is 2. The lowest BCUT2D eigenvalue weighted by Crippen LogP contribution is -2.13. The number of aromatic amines is 1. The van der Waals surface area contributed by atoms with Crippen LogP contribution in [0.3, 0.4) is 0 Å². The summed E-state index contributed by atoms with van der Waals surface area (Å²) in [5.41, 5.74) is 2.49. The second kappa shape index (κ2) is 5.29. The first-order valence-electron chi connectivity index (χ1n) is 6.25. The van der Waals surface area contributed by atoms with Crippen molar-refractivity contribution in [1.29, 1.82) is 0 Å². The van der Waals surface area contributed by atoms with E-state index in [1.165, 1.54) is 6.07 Å². The van der Waals surface area contributed by atoms with Crippen LogP contribution in [0.5, 0.6) is 0 Å². The van der Waals surface area contributed by atoms with E-state index >= 15 is 0 Å². The maximum absolute atomic E-state index is 13.6. The first-order chi connectivity index (χ1) is 10.0. The van der Waals surface area contributed by atoms with Crippen LogP contribution >= 0.6 is 15.9 Å². The van der Waals surface area contributed by atoms with E-state index in [-0.39, 0.29) is 5.91 Å². The Morgan fingerprint density at radius 3 is 2.95 bits per heavy atom. The highest BCUT2D eigenvalue weighted by molar-refractivity contribution is 9.10. The average molecular weight is 348 g/mol. The molecule has 3 rings (SSSR count). The number of nitrogens with one attached hydrogen (secondary N) is 2. The van der Waals surface area contributed by atoms with Gasteiger partial charge in [-0.05, 0) is 52.7 Å². The number of carbonyl (C=O) groups excluding carboxylic acids is 1. The standard InChI is InChI=1S/C15H11BrFN3O/c1-8-4-11(16)12(17)6-13(8)19-15(21)9-2-3-10-7-18-20-14(10)5-9/h2-7H,1H3,(H,18,20)(H,19,21). The molecule has 1 amide bonds. The van der Waals surface area contributed by atoms with E-state index in [2.05, 4.69) is 31.4 Å². The molecule has 2 aromatic carbocycles. The van der Waals surface area contributed by atoms with Gasteiger partial charge < -0.3 is 5.32 Å². The molecular formula is C15H11BrFN3O. The third kappa shape index (κ3) is 2.67. The number of rotatable bonds is 2. The van der Waals surface area contributed by atoms with E-state index in [1.807, 2.05) is 6.07 Å². The Labute approximate surface area is 128 Å². The molecular weight excluding hydrogens is 337 g/mol. The summed E-state index contributed by atoms with van der Waals surface area (Å²) in [4.78, 5) is 12.2. The zero-order chi connectivity index (χ0) is 15.0. The van der Waals surface area contributed by atoms with Gasteiger partial charge in [0.2, 0.25) is 0 Å². The van der Waals surface area contributed by atoms with Crippen LogP contribution in [0.1, 0.15) is 15.9 Å². The molecule has 0 aliphatic heterocycles. The number of amides is 1. The SMILES string of the molecule is Cc1cc(Br)c(F)cc1NC(=O)c1ccc2cn[nH]c2c1. The fourth-order valence-corrected chi connectivity index (χ4v) is 2.51. The Balaban J connectivity index is 1.90. The fraction of sp³-hybridized carbons (Fsp3) is 0.0667. The Morgan fingerprint density at radius 1 is 1.33 bits per heavy atom. The molecule has 1 aromatic heterocycles. The van der Waals surface area contributed by atoms with Crippen LogP contribution < -0.4 is 5.32 Å². The fourth-order valence-electron chi connectivity index (χ4n) is 2.05. The van der Waals surface area contributed by atoms with Crippen molar-refractivity contribution in [3.63, 3.8) is 0 Å². The van der Waals surface area contributed by atoms with Gasteiger partial charge in [-0.2, -0.15) is 5.10 Å². The van der Waals surface area contributed by atoms with Gasteiger partial charge in [0.05, 0.1) is 16.2 Å². The highest BCUT2D eigenvalue weighted by Gasteiger charge is 2.11. The molecule has 4 nitrogen and oxygen atoms in total. The van der Waals surface area contributed by atoms with Gasteiger partial charge in [-0.25, -0.2) is 4.39 Å². The zero-order valence-electron chi connectivity index (χ0n) is 11.1. The summed E-state index contributed by atoms with van der Waals surface area (Å²) < 4.78 is 13.9. The molecule has 0 bridgehead atoms. The summed E-state index contributed by atoms with van der Waals surface area (Å²) in [5.74, 6) is -0.712. The second-order valence-electron chi connectivity index (χ2n) is 4.71. The largest absolute Gasteiger partial charge is 0.322 e. The monoisotopic (exact) mass is 347 g/mol. The van der Waals surface area contributed by atoms with Crippen LogP contribution in [-0.2, 0) is 0 Å². The summed E-state index contributed by atoms with van der Waals surface area (Å²) in [6.07, 6.45) is 1.69. The first-order valence-corrected chi connectivity index (χ1v) is 7.04. The highest BCUT2D eigenvalue weighted by Crippen LogP contribution is 2.24. The summed E-state index contributed by atoms with van der Waals surface area (Å²) in [7, 11) is 0. The van der Waals surface area contributed by atoms with E-state index in [0.29, 0.717) is 15.7 Å². The molecule has 6 heteroatoms. The predicted octanol–water partition coefficient (Wildman–Crippen LogP) is 4.03. The number of hydrogen-bond donors (Lipinski definition) is 2. The number of H-pyrrole nitrogens is 1. The van der Waals surface area contributed by atoms with Gasteiger partial charge in [-0.3, -0.25) is 9.89 Å². The maximum Gasteiger partial charge on any atom is 0.255 e. The number of anilines is 1. The zero-order valence-corrected chi connectivity index (χ0v) is 12.7. The number of carbonyl (C=O) groups is 1. The van der Waals surface area contributed by atoms with Gasteiger partial charge >= 0.3 is 0 Å². The van der Waals surface area contributed by atoms with E-state index in [0.717, 1.165) is 16.5 Å². The van der Waals surface area contributed by atoms with Gasteiger partial charge in [0.25, 0.3) is 5.91 Å². The van der Waals surface area contributed by atoms with E-state index in [1.54, 1.807) is 31.3 Å². The molecule has 0 radical (unpaired) electrons. The molecule has 0 aliphatic rings. The topological polar surface area (TPSA) is 57.8 Å². The van der Waals surface area contributed by atoms with Gasteiger partial charge in [-0.1, -0.05) is 6.07 Å².